The molecule has 19 heavy (non-hydrogen) atoms. The van der Waals surface area contributed by atoms with Crippen molar-refractivity contribution in [3.63, 3.8) is 0 Å². The first-order valence-corrected chi connectivity index (χ1v) is 7.39. The van der Waals surface area contributed by atoms with Gasteiger partial charge in [0.2, 0.25) is 5.91 Å². The molecule has 0 bridgehead atoms. The molecule has 1 N–H and O–H groups in total. The number of hydrogen-bond acceptors (Lipinski definition) is 2. The molecule has 0 spiro atoms. The fourth-order valence-corrected chi connectivity index (χ4v) is 2.83. The Hall–Kier alpha value is -0.770. The number of piperidine rings is 1. The molecule has 1 aromatic rings. The van der Waals surface area contributed by atoms with Crippen LogP contribution >= 0.6 is 23.2 Å². The lowest BCUT2D eigenvalue weighted by molar-refractivity contribution is -0.121. The molecular formula is C14H18Cl2N2O. The van der Waals surface area contributed by atoms with Crippen LogP contribution in [0.4, 0.5) is 5.69 Å². The lowest BCUT2D eigenvalue weighted by Crippen LogP contribution is -2.51. The van der Waals surface area contributed by atoms with Crippen LogP contribution in [0.15, 0.2) is 18.2 Å². The molecule has 104 valence electrons. The van der Waals surface area contributed by atoms with E-state index < -0.39 is 0 Å². The van der Waals surface area contributed by atoms with Crippen molar-refractivity contribution in [3.8, 4) is 0 Å². The van der Waals surface area contributed by atoms with Crippen molar-refractivity contribution in [2.45, 2.75) is 32.2 Å². The Morgan fingerprint density at radius 2 is 2.21 bits per heavy atom. The molecule has 1 saturated heterocycles. The van der Waals surface area contributed by atoms with Crippen LogP contribution in [0.25, 0.3) is 0 Å². The van der Waals surface area contributed by atoms with E-state index in [1.807, 2.05) is 6.07 Å². The molecule has 0 aliphatic carbocycles. The molecule has 1 aliphatic heterocycles. The third-order valence-electron chi connectivity index (χ3n) is 3.28. The maximum atomic E-state index is 12.4. The van der Waals surface area contributed by atoms with Crippen LogP contribution in [0.3, 0.4) is 0 Å². The van der Waals surface area contributed by atoms with Gasteiger partial charge in [-0.1, -0.05) is 30.1 Å². The van der Waals surface area contributed by atoms with Gasteiger partial charge >= 0.3 is 0 Å². The van der Waals surface area contributed by atoms with Gasteiger partial charge in [0.1, 0.15) is 0 Å². The number of rotatable bonds is 4. The van der Waals surface area contributed by atoms with Gasteiger partial charge < -0.3 is 10.2 Å². The highest BCUT2D eigenvalue weighted by Gasteiger charge is 2.29. The number of nitrogens with one attached hydrogen (secondary N) is 1. The minimum Gasteiger partial charge on any atom is -0.310 e. The summed E-state index contributed by atoms with van der Waals surface area (Å²) in [7, 11) is 0. The number of nitrogens with zero attached hydrogens (tertiary/aromatic N) is 1. The van der Waals surface area contributed by atoms with E-state index in [9.17, 15) is 4.79 Å². The molecule has 1 unspecified atom stereocenters. The van der Waals surface area contributed by atoms with Crippen molar-refractivity contribution < 1.29 is 4.79 Å². The van der Waals surface area contributed by atoms with Crippen LogP contribution < -0.4 is 10.2 Å². The molecule has 1 heterocycles. The standard InChI is InChI=1S/C14H18Cl2N2O/c1-2-7-17-12-4-3-8-18(14(12)19)13-6-5-10(15)9-11(13)16/h5-6,9,12,17H,2-4,7-8H2,1H3. The van der Waals surface area contributed by atoms with Crippen molar-refractivity contribution in [1.29, 1.82) is 0 Å². The van der Waals surface area contributed by atoms with Crippen LogP contribution in [0.2, 0.25) is 10.0 Å². The van der Waals surface area contributed by atoms with E-state index in [0.29, 0.717) is 16.6 Å². The molecule has 0 radical (unpaired) electrons. The summed E-state index contributed by atoms with van der Waals surface area (Å²) in [4.78, 5) is 14.2. The number of benzene rings is 1. The van der Waals surface area contributed by atoms with Crippen LogP contribution in [0, 0.1) is 0 Å². The Kier molecular flexibility index (Phi) is 5.08. The second-order valence-corrected chi connectivity index (χ2v) is 5.58. The van der Waals surface area contributed by atoms with Gasteiger partial charge in [0.15, 0.2) is 0 Å². The third-order valence-corrected chi connectivity index (χ3v) is 3.82. The Morgan fingerprint density at radius 1 is 1.42 bits per heavy atom. The Morgan fingerprint density at radius 3 is 2.89 bits per heavy atom. The van der Waals surface area contributed by atoms with Gasteiger partial charge in [-0.2, -0.15) is 0 Å². The SMILES string of the molecule is CCCNC1CCCN(c2ccc(Cl)cc2Cl)C1=O. The van der Waals surface area contributed by atoms with E-state index in [1.54, 1.807) is 17.0 Å². The van der Waals surface area contributed by atoms with Gasteiger partial charge in [0, 0.05) is 11.6 Å². The van der Waals surface area contributed by atoms with E-state index in [1.165, 1.54) is 0 Å². The molecule has 1 aliphatic rings. The Labute approximate surface area is 123 Å². The van der Waals surface area contributed by atoms with E-state index in [4.69, 9.17) is 23.2 Å². The summed E-state index contributed by atoms with van der Waals surface area (Å²) < 4.78 is 0. The molecule has 1 atom stereocenters. The summed E-state index contributed by atoms with van der Waals surface area (Å²) in [6, 6.07) is 5.15. The van der Waals surface area contributed by atoms with Crippen molar-refractivity contribution in [1.82, 2.24) is 5.32 Å². The van der Waals surface area contributed by atoms with E-state index in [-0.39, 0.29) is 11.9 Å². The molecule has 3 nitrogen and oxygen atoms in total. The lowest BCUT2D eigenvalue weighted by Gasteiger charge is -2.33. The predicted octanol–water partition coefficient (Wildman–Crippen LogP) is 3.49. The second kappa shape index (κ2) is 6.60. The minimum absolute atomic E-state index is 0.0968. The average molecular weight is 301 g/mol. The summed E-state index contributed by atoms with van der Waals surface area (Å²) in [6.07, 6.45) is 2.89. The minimum atomic E-state index is -0.0968. The second-order valence-electron chi connectivity index (χ2n) is 4.73. The predicted molar refractivity (Wildman–Crippen MR) is 80.1 cm³/mol. The molecule has 0 aromatic heterocycles. The van der Waals surface area contributed by atoms with Crippen LogP contribution in [0.1, 0.15) is 26.2 Å². The zero-order valence-electron chi connectivity index (χ0n) is 11.0. The Bertz CT molecular complexity index is 465. The maximum Gasteiger partial charge on any atom is 0.244 e. The normalized spacial score (nSPS) is 19.8. The van der Waals surface area contributed by atoms with Gasteiger partial charge in [-0.05, 0) is 44.0 Å². The molecule has 1 aromatic carbocycles. The van der Waals surface area contributed by atoms with Crippen LogP contribution in [-0.4, -0.2) is 25.0 Å². The van der Waals surface area contributed by atoms with Gasteiger partial charge in [-0.25, -0.2) is 0 Å². The number of carbonyl (C=O) groups is 1. The van der Waals surface area contributed by atoms with Crippen molar-refractivity contribution >= 4 is 34.8 Å². The summed E-state index contributed by atoms with van der Waals surface area (Å²) >= 11 is 12.1. The highest BCUT2D eigenvalue weighted by molar-refractivity contribution is 6.36. The van der Waals surface area contributed by atoms with Gasteiger partial charge in [0.05, 0.1) is 16.8 Å². The fourth-order valence-electron chi connectivity index (χ4n) is 2.32. The number of amides is 1. The first kappa shape index (κ1) is 14.6. The van der Waals surface area contributed by atoms with Crippen LogP contribution in [-0.2, 0) is 4.79 Å². The van der Waals surface area contributed by atoms with E-state index in [2.05, 4.69) is 12.2 Å². The van der Waals surface area contributed by atoms with Crippen molar-refractivity contribution in [2.75, 3.05) is 18.0 Å². The fraction of sp³-hybridized carbons (Fsp3) is 0.500. The number of anilines is 1. The summed E-state index contributed by atoms with van der Waals surface area (Å²) in [5.41, 5.74) is 0.749. The van der Waals surface area contributed by atoms with E-state index >= 15 is 0 Å². The van der Waals surface area contributed by atoms with Crippen molar-refractivity contribution in [3.05, 3.63) is 28.2 Å². The number of halogens is 2. The zero-order valence-corrected chi connectivity index (χ0v) is 12.5. The van der Waals surface area contributed by atoms with Gasteiger partial charge in [0.25, 0.3) is 0 Å². The average Bonchev–Trinajstić information content (AvgIpc) is 2.38. The quantitative estimate of drug-likeness (QED) is 0.923. The number of hydrogen-bond donors (Lipinski definition) is 1. The molecule has 1 amide bonds. The monoisotopic (exact) mass is 300 g/mol. The third kappa shape index (κ3) is 3.41. The van der Waals surface area contributed by atoms with Crippen molar-refractivity contribution in [2.24, 2.45) is 0 Å². The number of carbonyl (C=O) groups excluding carboxylic acids is 1. The lowest BCUT2D eigenvalue weighted by atomic mass is 10.0. The molecule has 2 rings (SSSR count). The highest BCUT2D eigenvalue weighted by Crippen LogP contribution is 2.31. The summed E-state index contributed by atoms with van der Waals surface area (Å²) in [6.45, 7) is 3.66. The van der Waals surface area contributed by atoms with E-state index in [0.717, 1.165) is 31.5 Å². The highest BCUT2D eigenvalue weighted by atomic mass is 35.5. The topological polar surface area (TPSA) is 32.3 Å². The van der Waals surface area contributed by atoms with Crippen LogP contribution in [0.5, 0.6) is 0 Å². The maximum absolute atomic E-state index is 12.4. The molecule has 0 saturated carbocycles. The van der Waals surface area contributed by atoms with Gasteiger partial charge in [-0.3, -0.25) is 4.79 Å². The first-order valence-electron chi connectivity index (χ1n) is 6.63. The summed E-state index contributed by atoms with van der Waals surface area (Å²) in [5, 5.41) is 4.40. The first-order chi connectivity index (χ1) is 9.13. The smallest absolute Gasteiger partial charge is 0.244 e. The zero-order chi connectivity index (χ0) is 13.8. The molecule has 5 heteroatoms. The molecular weight excluding hydrogens is 283 g/mol. The Balaban J connectivity index is 2.17. The van der Waals surface area contributed by atoms with Gasteiger partial charge in [-0.15, -0.1) is 0 Å². The molecule has 1 fully saturated rings. The largest absolute Gasteiger partial charge is 0.310 e. The summed E-state index contributed by atoms with van der Waals surface area (Å²) in [5.74, 6) is 0.101.